The van der Waals surface area contributed by atoms with Gasteiger partial charge in [-0.1, -0.05) is 13.8 Å². The number of hydrogen-bond donors (Lipinski definition) is 1. The van der Waals surface area contributed by atoms with Crippen LogP contribution in [0.15, 0.2) is 0 Å². The van der Waals surface area contributed by atoms with Crippen LogP contribution in [0.3, 0.4) is 0 Å². The van der Waals surface area contributed by atoms with Crippen LogP contribution in [-0.4, -0.2) is 48.3 Å². The molecule has 4 heteroatoms. The third kappa shape index (κ3) is 4.64. The molecule has 0 fully saturated rings. The Morgan fingerprint density at radius 1 is 1.41 bits per heavy atom. The summed E-state index contributed by atoms with van der Waals surface area (Å²) in [5, 5.41) is 9.45. The average molecular weight is 245 g/mol. The third-order valence-corrected chi connectivity index (χ3v) is 3.52. The maximum absolute atomic E-state index is 11.5. The zero-order valence-electron chi connectivity index (χ0n) is 12.0. The molecule has 0 heterocycles. The van der Waals surface area contributed by atoms with E-state index >= 15 is 0 Å². The number of ether oxygens (including phenoxy) is 1. The summed E-state index contributed by atoms with van der Waals surface area (Å²) >= 11 is 0. The van der Waals surface area contributed by atoms with Crippen molar-refractivity contribution in [2.75, 3.05) is 20.8 Å². The molecule has 0 rings (SSSR count). The van der Waals surface area contributed by atoms with E-state index in [4.69, 9.17) is 4.74 Å². The summed E-state index contributed by atoms with van der Waals surface area (Å²) in [5.41, 5.74) is -0.817. The lowest BCUT2D eigenvalue weighted by Crippen LogP contribution is -2.55. The van der Waals surface area contributed by atoms with E-state index in [0.717, 1.165) is 6.42 Å². The predicted octanol–water partition coefficient (Wildman–Crippen LogP) is 2.23. The number of hydrogen-bond acceptors (Lipinski definition) is 3. The Labute approximate surface area is 105 Å². The van der Waals surface area contributed by atoms with Crippen molar-refractivity contribution in [1.82, 2.24) is 4.90 Å². The van der Waals surface area contributed by atoms with E-state index in [-0.39, 0.29) is 6.04 Å². The van der Waals surface area contributed by atoms with Crippen LogP contribution in [0.4, 0.5) is 0 Å². The van der Waals surface area contributed by atoms with E-state index in [2.05, 4.69) is 13.8 Å². The van der Waals surface area contributed by atoms with Crippen molar-refractivity contribution in [1.29, 1.82) is 0 Å². The van der Waals surface area contributed by atoms with E-state index < -0.39 is 11.5 Å². The maximum atomic E-state index is 11.5. The molecule has 0 aromatic heterocycles. The number of carboxylic acids is 1. The molecule has 17 heavy (non-hydrogen) atoms. The van der Waals surface area contributed by atoms with Gasteiger partial charge in [0.25, 0.3) is 0 Å². The van der Waals surface area contributed by atoms with Gasteiger partial charge in [0.1, 0.15) is 5.54 Å². The van der Waals surface area contributed by atoms with Gasteiger partial charge in [0.2, 0.25) is 0 Å². The minimum absolute atomic E-state index is 0.0910. The molecular formula is C13H27NO3. The molecule has 0 saturated carbocycles. The van der Waals surface area contributed by atoms with Crippen molar-refractivity contribution in [2.24, 2.45) is 5.92 Å². The van der Waals surface area contributed by atoms with E-state index in [0.29, 0.717) is 18.9 Å². The zero-order chi connectivity index (χ0) is 13.6. The maximum Gasteiger partial charge on any atom is 0.323 e. The zero-order valence-corrected chi connectivity index (χ0v) is 12.0. The highest BCUT2D eigenvalue weighted by Gasteiger charge is 2.39. The quantitative estimate of drug-likeness (QED) is 0.712. The van der Waals surface area contributed by atoms with E-state index in [1.807, 2.05) is 18.9 Å². The summed E-state index contributed by atoms with van der Waals surface area (Å²) < 4.78 is 5.09. The molecule has 0 amide bonds. The van der Waals surface area contributed by atoms with E-state index in [9.17, 15) is 9.90 Å². The Bertz CT molecular complexity index is 243. The Morgan fingerprint density at radius 2 is 1.94 bits per heavy atom. The largest absolute Gasteiger partial charge is 0.480 e. The van der Waals surface area contributed by atoms with Crippen molar-refractivity contribution in [3.05, 3.63) is 0 Å². The first kappa shape index (κ1) is 16.4. The summed E-state index contributed by atoms with van der Waals surface area (Å²) in [6.45, 7) is 8.55. The van der Waals surface area contributed by atoms with Gasteiger partial charge < -0.3 is 9.84 Å². The van der Waals surface area contributed by atoms with Crippen molar-refractivity contribution in [3.63, 3.8) is 0 Å². The van der Waals surface area contributed by atoms with Crippen molar-refractivity contribution in [2.45, 2.75) is 52.1 Å². The number of aliphatic carboxylic acids is 1. The highest BCUT2D eigenvalue weighted by atomic mass is 16.5. The monoisotopic (exact) mass is 245 g/mol. The topological polar surface area (TPSA) is 49.8 Å². The van der Waals surface area contributed by atoms with Crippen molar-refractivity contribution < 1.29 is 14.6 Å². The molecule has 0 saturated heterocycles. The molecule has 1 N–H and O–H groups in total. The molecule has 0 radical (unpaired) electrons. The third-order valence-electron chi connectivity index (χ3n) is 3.52. The highest BCUT2D eigenvalue weighted by Crippen LogP contribution is 2.25. The molecule has 2 unspecified atom stereocenters. The average Bonchev–Trinajstić information content (AvgIpc) is 2.24. The standard InChI is InChI=1S/C13H27NO3/c1-10(2)7-8-13(4,12(15)16)14(5)11(3)9-17-6/h10-11H,7-9H2,1-6H3,(H,15,16). The second-order valence-electron chi connectivity index (χ2n) is 5.43. The first-order chi connectivity index (χ1) is 7.75. The van der Waals surface area contributed by atoms with Gasteiger partial charge in [0, 0.05) is 13.2 Å². The Balaban J connectivity index is 4.74. The number of nitrogens with zero attached hydrogens (tertiary/aromatic N) is 1. The lowest BCUT2D eigenvalue weighted by Gasteiger charge is -2.39. The van der Waals surface area contributed by atoms with Gasteiger partial charge in [-0.05, 0) is 39.7 Å². The molecule has 0 aromatic rings. The number of carbonyl (C=O) groups is 1. The fourth-order valence-electron chi connectivity index (χ4n) is 1.84. The smallest absolute Gasteiger partial charge is 0.323 e. The second kappa shape index (κ2) is 6.97. The molecular weight excluding hydrogens is 218 g/mol. The van der Waals surface area contributed by atoms with Crippen LogP contribution in [0.2, 0.25) is 0 Å². The Kier molecular flexibility index (Phi) is 6.72. The predicted molar refractivity (Wildman–Crippen MR) is 69.2 cm³/mol. The first-order valence-corrected chi connectivity index (χ1v) is 6.21. The minimum Gasteiger partial charge on any atom is -0.480 e. The molecule has 0 bridgehead atoms. The number of methoxy groups -OCH3 is 1. The van der Waals surface area contributed by atoms with Crippen LogP contribution in [0, 0.1) is 5.92 Å². The summed E-state index contributed by atoms with van der Waals surface area (Å²) in [6, 6.07) is 0.0910. The van der Waals surface area contributed by atoms with Crippen LogP contribution < -0.4 is 0 Å². The van der Waals surface area contributed by atoms with Gasteiger partial charge in [-0.3, -0.25) is 9.69 Å². The number of carboxylic acid groups (broad SMARTS) is 1. The van der Waals surface area contributed by atoms with Crippen LogP contribution >= 0.6 is 0 Å². The van der Waals surface area contributed by atoms with Crippen LogP contribution in [0.1, 0.15) is 40.5 Å². The SMILES string of the molecule is COCC(C)N(C)C(C)(CCC(C)C)C(=O)O. The van der Waals surface area contributed by atoms with Crippen molar-refractivity contribution >= 4 is 5.97 Å². The minimum atomic E-state index is -0.817. The summed E-state index contributed by atoms with van der Waals surface area (Å²) in [7, 11) is 3.49. The number of likely N-dealkylation sites (N-methyl/N-ethyl adjacent to an activating group) is 1. The lowest BCUT2D eigenvalue weighted by molar-refractivity contribution is -0.152. The van der Waals surface area contributed by atoms with Crippen molar-refractivity contribution in [3.8, 4) is 0 Å². The molecule has 0 aliphatic heterocycles. The fourth-order valence-corrected chi connectivity index (χ4v) is 1.84. The molecule has 102 valence electrons. The van der Waals surface area contributed by atoms with Gasteiger partial charge in [-0.15, -0.1) is 0 Å². The Morgan fingerprint density at radius 3 is 2.29 bits per heavy atom. The first-order valence-electron chi connectivity index (χ1n) is 6.21. The van der Waals surface area contributed by atoms with Crippen LogP contribution in [-0.2, 0) is 9.53 Å². The lowest BCUT2D eigenvalue weighted by atomic mass is 9.89. The molecule has 0 spiro atoms. The fraction of sp³-hybridized carbons (Fsp3) is 0.923. The second-order valence-corrected chi connectivity index (χ2v) is 5.43. The molecule has 2 atom stereocenters. The van der Waals surface area contributed by atoms with E-state index in [1.54, 1.807) is 14.0 Å². The highest BCUT2D eigenvalue weighted by molar-refractivity contribution is 5.78. The number of rotatable bonds is 8. The van der Waals surface area contributed by atoms with E-state index in [1.165, 1.54) is 0 Å². The normalized spacial score (nSPS) is 17.2. The van der Waals surface area contributed by atoms with Gasteiger partial charge >= 0.3 is 5.97 Å². The molecule has 0 aliphatic carbocycles. The van der Waals surface area contributed by atoms with Gasteiger partial charge in [0.05, 0.1) is 6.61 Å². The summed E-state index contributed by atoms with van der Waals surface area (Å²) in [6.07, 6.45) is 1.57. The van der Waals surface area contributed by atoms with Gasteiger partial charge in [-0.2, -0.15) is 0 Å². The molecule has 0 aliphatic rings. The molecule has 0 aromatic carbocycles. The summed E-state index contributed by atoms with van der Waals surface area (Å²) in [5.74, 6) is -0.247. The molecule has 4 nitrogen and oxygen atoms in total. The van der Waals surface area contributed by atoms with Crippen LogP contribution in [0.5, 0.6) is 0 Å². The Hall–Kier alpha value is -0.610. The van der Waals surface area contributed by atoms with Gasteiger partial charge in [-0.25, -0.2) is 0 Å². The van der Waals surface area contributed by atoms with Gasteiger partial charge in [0.15, 0.2) is 0 Å². The summed E-state index contributed by atoms with van der Waals surface area (Å²) in [4.78, 5) is 13.4. The van der Waals surface area contributed by atoms with Crippen LogP contribution in [0.25, 0.3) is 0 Å².